The van der Waals surface area contributed by atoms with Crippen LogP contribution in [-0.2, 0) is 47.6 Å². The molecule has 2 fully saturated rings. The Balaban J connectivity index is 1.43. The molecule has 0 radical (unpaired) electrons. The number of ether oxygens (including phenoxy) is 6. The molecule has 2 rings (SSSR count). The summed E-state index contributed by atoms with van der Waals surface area (Å²) in [5, 5.41) is 69.9. The zero-order valence-electron chi connectivity index (χ0n) is 29.9. The van der Waals surface area contributed by atoms with E-state index in [1.807, 2.05) is 0 Å². The minimum atomic E-state index is -1.40. The van der Waals surface area contributed by atoms with Crippen LogP contribution in [-0.4, -0.2) is 181 Å². The first kappa shape index (κ1) is 45.6. The Labute approximate surface area is 302 Å². The second kappa shape index (κ2) is 25.4. The fourth-order valence-corrected chi connectivity index (χ4v) is 5.34. The van der Waals surface area contributed by atoms with Crippen molar-refractivity contribution in [2.24, 2.45) is 0 Å². The van der Waals surface area contributed by atoms with Crippen LogP contribution in [0.3, 0.4) is 0 Å². The highest BCUT2D eigenvalue weighted by Crippen LogP contribution is 2.23. The third kappa shape index (κ3) is 16.6. The first-order chi connectivity index (χ1) is 24.9. The summed E-state index contributed by atoms with van der Waals surface area (Å²) in [7, 11) is 0. The monoisotopic (exact) mass is 754 g/mol. The number of aliphatic hydroxyl groups excluding tert-OH is 6. The Morgan fingerprint density at radius 2 is 0.942 bits per heavy atom. The van der Waals surface area contributed by atoms with Gasteiger partial charge in [0.15, 0.2) is 12.6 Å². The maximum atomic E-state index is 12.1. The topological polar surface area (TPSA) is 293 Å². The van der Waals surface area contributed by atoms with Crippen molar-refractivity contribution in [1.29, 1.82) is 0 Å². The molecule has 0 aromatic rings. The Morgan fingerprint density at radius 1 is 0.558 bits per heavy atom. The number of amides is 4. The summed E-state index contributed by atoms with van der Waals surface area (Å²) in [5.74, 6) is -1.31. The zero-order chi connectivity index (χ0) is 38.5. The normalized spacial score (nSPS) is 28.9. The number of unbranched alkanes of at least 4 members (excludes halogenated alkanes) is 1. The van der Waals surface area contributed by atoms with E-state index in [1.165, 1.54) is 13.8 Å². The molecule has 20 nitrogen and oxygen atoms in total. The summed E-state index contributed by atoms with van der Waals surface area (Å²) in [6, 6.07) is -2.06. The third-order valence-electron chi connectivity index (χ3n) is 8.13. The van der Waals surface area contributed by atoms with Crippen LogP contribution in [0.15, 0.2) is 0 Å². The average Bonchev–Trinajstić information content (AvgIpc) is 3.10. The van der Waals surface area contributed by atoms with Gasteiger partial charge in [0, 0.05) is 53.0 Å². The van der Waals surface area contributed by atoms with Gasteiger partial charge in [0.25, 0.3) is 0 Å². The summed E-state index contributed by atoms with van der Waals surface area (Å²) in [6.45, 7) is 3.62. The smallest absolute Gasteiger partial charge is 0.222 e. The third-order valence-corrected chi connectivity index (χ3v) is 8.13. The van der Waals surface area contributed by atoms with Crippen molar-refractivity contribution in [3.05, 3.63) is 0 Å². The van der Waals surface area contributed by atoms with Crippen molar-refractivity contribution in [2.75, 3.05) is 65.9 Å². The quantitative estimate of drug-likeness (QED) is 0.0393. The lowest BCUT2D eigenvalue weighted by molar-refractivity contribution is -0.270. The summed E-state index contributed by atoms with van der Waals surface area (Å²) < 4.78 is 33.2. The summed E-state index contributed by atoms with van der Waals surface area (Å²) in [5.41, 5.74) is 0. The minimum Gasteiger partial charge on any atom is -0.394 e. The second-order valence-electron chi connectivity index (χ2n) is 12.4. The number of aliphatic hydroxyl groups is 6. The predicted molar refractivity (Wildman–Crippen MR) is 178 cm³/mol. The molecule has 0 spiro atoms. The van der Waals surface area contributed by atoms with Gasteiger partial charge in [-0.1, -0.05) is 0 Å². The van der Waals surface area contributed by atoms with Gasteiger partial charge in [0.1, 0.15) is 48.7 Å². The van der Waals surface area contributed by atoms with Gasteiger partial charge in [-0.3, -0.25) is 19.2 Å². The molecule has 2 aliphatic rings. The van der Waals surface area contributed by atoms with Crippen LogP contribution in [0.4, 0.5) is 0 Å². The Morgan fingerprint density at radius 3 is 1.29 bits per heavy atom. The summed E-state index contributed by atoms with van der Waals surface area (Å²) in [4.78, 5) is 47.1. The van der Waals surface area contributed by atoms with Crippen LogP contribution < -0.4 is 21.3 Å². The van der Waals surface area contributed by atoms with Gasteiger partial charge >= 0.3 is 0 Å². The maximum absolute atomic E-state index is 12.1. The first-order valence-corrected chi connectivity index (χ1v) is 17.6. The van der Waals surface area contributed by atoms with Gasteiger partial charge in [-0.2, -0.15) is 0 Å². The molecule has 4 unspecified atom stereocenters. The van der Waals surface area contributed by atoms with Crippen LogP contribution in [0.25, 0.3) is 0 Å². The van der Waals surface area contributed by atoms with Crippen molar-refractivity contribution < 1.29 is 78.2 Å². The molecule has 52 heavy (non-hydrogen) atoms. The number of hydrogen-bond acceptors (Lipinski definition) is 16. The molecular formula is C32H58N4O16. The van der Waals surface area contributed by atoms with Crippen LogP contribution in [0.2, 0.25) is 0 Å². The molecule has 302 valence electrons. The van der Waals surface area contributed by atoms with E-state index in [0.717, 1.165) is 0 Å². The number of hydrogen-bond donors (Lipinski definition) is 10. The van der Waals surface area contributed by atoms with Crippen LogP contribution in [0.1, 0.15) is 52.4 Å². The van der Waals surface area contributed by atoms with Crippen LogP contribution >= 0.6 is 0 Å². The standard InChI is InChI=1S/C32H58N4O16/c1-19(39)35-25-29(45)27(43)21(17-37)51-31(25)49-13-5-9-33-23(41)7-15-47-11-3-4-12-48-16-8-24(42)34-10-6-14-50-32-26(36-20(2)40)30(46)28(44)22(18-38)52-32/h21-22,25-32,37-38,43-46H,3-18H2,1-2H3,(H,33,41)(H,34,42)(H,35,39)(H,36,40)/t21?,22?,25?,26?,27-,28-,29+,30+,31+,32+/m0/s1. The molecule has 2 aliphatic heterocycles. The van der Waals surface area contributed by atoms with E-state index in [0.29, 0.717) is 52.0 Å². The van der Waals surface area contributed by atoms with E-state index in [2.05, 4.69) is 21.3 Å². The molecule has 20 heteroatoms. The zero-order valence-corrected chi connectivity index (χ0v) is 29.9. The second-order valence-corrected chi connectivity index (χ2v) is 12.4. The molecule has 0 aliphatic carbocycles. The highest BCUT2D eigenvalue weighted by Gasteiger charge is 2.46. The van der Waals surface area contributed by atoms with E-state index in [1.54, 1.807) is 0 Å². The van der Waals surface area contributed by atoms with Crippen molar-refractivity contribution >= 4 is 23.6 Å². The van der Waals surface area contributed by atoms with E-state index in [4.69, 9.17) is 28.4 Å². The predicted octanol–water partition coefficient (Wildman–Crippen LogP) is -4.49. The van der Waals surface area contributed by atoms with Gasteiger partial charge in [0.2, 0.25) is 23.6 Å². The minimum absolute atomic E-state index is 0.120. The van der Waals surface area contributed by atoms with Crippen LogP contribution in [0.5, 0.6) is 0 Å². The molecule has 2 heterocycles. The molecule has 2 saturated heterocycles. The maximum Gasteiger partial charge on any atom is 0.222 e. The van der Waals surface area contributed by atoms with E-state index in [9.17, 15) is 49.8 Å². The largest absolute Gasteiger partial charge is 0.394 e. The number of rotatable bonds is 25. The molecule has 0 aromatic carbocycles. The highest BCUT2D eigenvalue weighted by atomic mass is 16.7. The average molecular weight is 755 g/mol. The number of nitrogens with one attached hydrogen (secondary N) is 4. The molecular weight excluding hydrogens is 696 g/mol. The number of carbonyl (C=O) groups is 4. The van der Waals surface area contributed by atoms with E-state index in [-0.39, 0.29) is 51.1 Å². The van der Waals surface area contributed by atoms with Gasteiger partial charge < -0.3 is 80.3 Å². The van der Waals surface area contributed by atoms with Gasteiger partial charge in [-0.25, -0.2) is 0 Å². The Bertz CT molecular complexity index is 980. The number of carbonyl (C=O) groups excluding carboxylic acids is 4. The Kier molecular flexibility index (Phi) is 22.3. The molecule has 10 N–H and O–H groups in total. The fraction of sp³-hybridized carbons (Fsp3) is 0.875. The molecule has 0 aromatic heterocycles. The van der Waals surface area contributed by atoms with Gasteiger partial charge in [-0.05, 0) is 25.7 Å². The SMILES string of the molecule is CC(=O)NC1[C@H](OCCCNC(=O)CCOCCCCOCCC(=O)NCCCO[C@@H]2OC(CO)[C@H](O)[C@H](O)C2NC(C)=O)OC(CO)[C@H](O)[C@@H]1O. The molecule has 10 atom stereocenters. The van der Waals surface area contributed by atoms with E-state index >= 15 is 0 Å². The van der Waals surface area contributed by atoms with Crippen molar-refractivity contribution in [1.82, 2.24) is 21.3 Å². The van der Waals surface area contributed by atoms with Gasteiger partial charge in [0.05, 0.1) is 39.6 Å². The van der Waals surface area contributed by atoms with Crippen molar-refractivity contribution in [3.8, 4) is 0 Å². The lowest BCUT2D eigenvalue weighted by Gasteiger charge is -2.42. The van der Waals surface area contributed by atoms with E-state index < -0.39 is 86.3 Å². The highest BCUT2D eigenvalue weighted by molar-refractivity contribution is 5.76. The molecule has 4 amide bonds. The fourth-order valence-electron chi connectivity index (χ4n) is 5.34. The lowest BCUT2D eigenvalue weighted by atomic mass is 9.97. The summed E-state index contributed by atoms with van der Waals surface area (Å²) in [6.07, 6.45) is -7.35. The molecule has 0 bridgehead atoms. The van der Waals surface area contributed by atoms with Gasteiger partial charge in [-0.15, -0.1) is 0 Å². The molecule has 0 saturated carbocycles. The lowest BCUT2D eigenvalue weighted by Crippen LogP contribution is -2.64. The summed E-state index contributed by atoms with van der Waals surface area (Å²) >= 11 is 0. The first-order valence-electron chi connectivity index (χ1n) is 17.6. The Hall–Kier alpha value is -2.60. The van der Waals surface area contributed by atoms with Crippen molar-refractivity contribution in [2.45, 2.75) is 114 Å². The van der Waals surface area contributed by atoms with Crippen LogP contribution in [0, 0.1) is 0 Å². The van der Waals surface area contributed by atoms with Crippen molar-refractivity contribution in [3.63, 3.8) is 0 Å².